The van der Waals surface area contributed by atoms with Crippen molar-refractivity contribution in [1.82, 2.24) is 5.32 Å². The van der Waals surface area contributed by atoms with E-state index in [-0.39, 0.29) is 24.4 Å². The third-order valence-corrected chi connectivity index (χ3v) is 5.62. The highest BCUT2D eigenvalue weighted by atomic mass is 32.2. The number of methoxy groups -OCH3 is 1. The quantitative estimate of drug-likeness (QED) is 0.731. The fourth-order valence-corrected chi connectivity index (χ4v) is 3.98. The van der Waals surface area contributed by atoms with E-state index in [1.165, 1.54) is 0 Å². The van der Waals surface area contributed by atoms with Crippen molar-refractivity contribution >= 4 is 21.6 Å². The third kappa shape index (κ3) is 5.25. The van der Waals surface area contributed by atoms with E-state index in [0.29, 0.717) is 11.4 Å². The van der Waals surface area contributed by atoms with Crippen molar-refractivity contribution in [3.8, 4) is 5.75 Å². The average Bonchev–Trinajstić information content (AvgIpc) is 2.65. The Balaban J connectivity index is 2.26. The van der Waals surface area contributed by atoms with Crippen LogP contribution < -0.4 is 14.4 Å². The summed E-state index contributed by atoms with van der Waals surface area (Å²) in [6, 6.07) is 14.3. The van der Waals surface area contributed by atoms with Crippen molar-refractivity contribution in [3.63, 3.8) is 0 Å². The fraction of sp³-hybridized carbons (Fsp3) is 0.381. The number of ether oxygens (including phenoxy) is 1. The summed E-state index contributed by atoms with van der Waals surface area (Å²) in [5, 5.41) is 2.87. The minimum atomic E-state index is -3.63. The highest BCUT2D eigenvalue weighted by Crippen LogP contribution is 2.29. The SMILES string of the molecule is COc1ccccc1C(C)NC(=O)CN(c1ccccc1C(C)C)S(C)(=O)=O. The first kappa shape index (κ1) is 21.8. The maximum Gasteiger partial charge on any atom is 0.241 e. The fourth-order valence-electron chi connectivity index (χ4n) is 3.10. The molecule has 0 aliphatic carbocycles. The predicted molar refractivity (Wildman–Crippen MR) is 112 cm³/mol. The molecule has 1 atom stereocenters. The lowest BCUT2D eigenvalue weighted by Gasteiger charge is -2.26. The van der Waals surface area contributed by atoms with E-state index in [1.54, 1.807) is 19.2 Å². The summed E-state index contributed by atoms with van der Waals surface area (Å²) in [6.07, 6.45) is 1.11. The molecule has 0 saturated carbocycles. The number of rotatable bonds is 8. The van der Waals surface area contributed by atoms with Gasteiger partial charge in [0.2, 0.25) is 15.9 Å². The summed E-state index contributed by atoms with van der Waals surface area (Å²) in [6.45, 7) is 5.52. The Hall–Kier alpha value is -2.54. The molecule has 1 amide bonds. The van der Waals surface area contributed by atoms with Crippen molar-refractivity contribution < 1.29 is 17.9 Å². The highest BCUT2D eigenvalue weighted by Gasteiger charge is 2.25. The maximum absolute atomic E-state index is 12.7. The third-order valence-electron chi connectivity index (χ3n) is 4.50. The summed E-state index contributed by atoms with van der Waals surface area (Å²) in [4.78, 5) is 12.7. The van der Waals surface area contributed by atoms with Crippen LogP contribution in [0.2, 0.25) is 0 Å². The van der Waals surface area contributed by atoms with E-state index in [1.807, 2.05) is 57.2 Å². The van der Waals surface area contributed by atoms with Crippen LogP contribution in [0.5, 0.6) is 5.75 Å². The second-order valence-corrected chi connectivity index (χ2v) is 8.92. The zero-order valence-corrected chi connectivity index (χ0v) is 17.8. The van der Waals surface area contributed by atoms with E-state index >= 15 is 0 Å². The van der Waals surface area contributed by atoms with Crippen LogP contribution in [-0.4, -0.2) is 34.2 Å². The van der Waals surface area contributed by atoms with Crippen LogP contribution in [-0.2, 0) is 14.8 Å². The lowest BCUT2D eigenvalue weighted by molar-refractivity contribution is -0.120. The standard InChI is InChI=1S/C21H28N2O4S/c1-15(2)17-10-6-8-12-19(17)23(28(5,25)26)14-21(24)22-16(3)18-11-7-9-13-20(18)27-4/h6-13,15-16H,14H2,1-5H3,(H,22,24). The number of para-hydroxylation sites is 2. The number of hydrogen-bond acceptors (Lipinski definition) is 4. The minimum Gasteiger partial charge on any atom is -0.496 e. The first-order valence-electron chi connectivity index (χ1n) is 9.14. The molecule has 28 heavy (non-hydrogen) atoms. The first-order chi connectivity index (χ1) is 13.1. The summed E-state index contributed by atoms with van der Waals surface area (Å²) in [7, 11) is -2.06. The van der Waals surface area contributed by atoms with Gasteiger partial charge in [0.05, 0.1) is 25.1 Å². The Morgan fingerprint density at radius 2 is 1.61 bits per heavy atom. The molecular formula is C21H28N2O4S. The van der Waals surface area contributed by atoms with Gasteiger partial charge in [-0.1, -0.05) is 50.2 Å². The van der Waals surface area contributed by atoms with Gasteiger partial charge < -0.3 is 10.1 Å². The zero-order chi connectivity index (χ0) is 20.9. The van der Waals surface area contributed by atoms with E-state index in [0.717, 1.165) is 21.7 Å². The van der Waals surface area contributed by atoms with Gasteiger partial charge in [-0.2, -0.15) is 0 Å². The number of anilines is 1. The summed E-state index contributed by atoms with van der Waals surface area (Å²) in [5.41, 5.74) is 2.23. The molecule has 0 radical (unpaired) electrons. The maximum atomic E-state index is 12.7. The van der Waals surface area contributed by atoms with E-state index in [2.05, 4.69) is 5.32 Å². The molecular weight excluding hydrogens is 376 g/mol. The smallest absolute Gasteiger partial charge is 0.241 e. The molecule has 2 rings (SSSR count). The summed E-state index contributed by atoms with van der Waals surface area (Å²) >= 11 is 0. The molecule has 1 N–H and O–H groups in total. The number of sulfonamides is 1. The topological polar surface area (TPSA) is 75.7 Å². The number of hydrogen-bond donors (Lipinski definition) is 1. The van der Waals surface area contributed by atoms with Crippen molar-refractivity contribution in [1.29, 1.82) is 0 Å². The van der Waals surface area contributed by atoms with Crippen LogP contribution in [0.3, 0.4) is 0 Å². The average molecular weight is 405 g/mol. The highest BCUT2D eigenvalue weighted by molar-refractivity contribution is 7.92. The molecule has 0 spiro atoms. The van der Waals surface area contributed by atoms with Gasteiger partial charge in [-0.05, 0) is 30.5 Å². The monoisotopic (exact) mass is 404 g/mol. The van der Waals surface area contributed by atoms with E-state index in [9.17, 15) is 13.2 Å². The van der Waals surface area contributed by atoms with Gasteiger partial charge >= 0.3 is 0 Å². The van der Waals surface area contributed by atoms with Crippen LogP contribution in [0.4, 0.5) is 5.69 Å². The Kier molecular flexibility index (Phi) is 7.07. The molecule has 0 bridgehead atoms. The van der Waals surface area contributed by atoms with Crippen molar-refractivity contribution in [2.75, 3.05) is 24.2 Å². The van der Waals surface area contributed by atoms with Gasteiger partial charge in [-0.25, -0.2) is 8.42 Å². The molecule has 152 valence electrons. The van der Waals surface area contributed by atoms with Crippen LogP contribution in [0.1, 0.15) is 43.9 Å². The molecule has 0 saturated heterocycles. The minimum absolute atomic E-state index is 0.121. The molecule has 6 nitrogen and oxygen atoms in total. The Labute approximate surface area is 167 Å². The number of amides is 1. The number of nitrogens with zero attached hydrogens (tertiary/aromatic N) is 1. The molecule has 2 aromatic rings. The van der Waals surface area contributed by atoms with Crippen molar-refractivity contribution in [2.45, 2.75) is 32.7 Å². The molecule has 1 unspecified atom stereocenters. The van der Waals surface area contributed by atoms with Crippen molar-refractivity contribution in [3.05, 3.63) is 59.7 Å². The molecule has 0 aliphatic heterocycles. The Morgan fingerprint density at radius 3 is 2.18 bits per heavy atom. The summed E-state index contributed by atoms with van der Waals surface area (Å²) in [5.74, 6) is 0.402. The van der Waals surface area contributed by atoms with Gasteiger partial charge in [-0.3, -0.25) is 9.10 Å². The summed E-state index contributed by atoms with van der Waals surface area (Å²) < 4.78 is 31.3. The molecule has 7 heteroatoms. The molecule has 0 aliphatic rings. The van der Waals surface area contributed by atoms with Crippen LogP contribution in [0.15, 0.2) is 48.5 Å². The number of carbonyl (C=O) groups excluding carboxylic acids is 1. The number of carbonyl (C=O) groups is 1. The zero-order valence-electron chi connectivity index (χ0n) is 17.0. The van der Waals surface area contributed by atoms with E-state index in [4.69, 9.17) is 4.74 Å². The molecule has 0 aromatic heterocycles. The largest absolute Gasteiger partial charge is 0.496 e. The normalized spacial score (nSPS) is 12.5. The number of benzene rings is 2. The van der Waals surface area contributed by atoms with Crippen LogP contribution in [0, 0.1) is 0 Å². The van der Waals surface area contributed by atoms with Gasteiger partial charge in [0.1, 0.15) is 12.3 Å². The van der Waals surface area contributed by atoms with Gasteiger partial charge in [0.15, 0.2) is 0 Å². The lowest BCUT2D eigenvalue weighted by Crippen LogP contribution is -2.41. The second kappa shape index (κ2) is 9.10. The number of nitrogens with one attached hydrogen (secondary N) is 1. The van der Waals surface area contributed by atoms with Crippen LogP contribution >= 0.6 is 0 Å². The van der Waals surface area contributed by atoms with Crippen molar-refractivity contribution in [2.24, 2.45) is 0 Å². The van der Waals surface area contributed by atoms with Gasteiger partial charge in [-0.15, -0.1) is 0 Å². The lowest BCUT2D eigenvalue weighted by atomic mass is 10.0. The second-order valence-electron chi connectivity index (χ2n) is 7.01. The molecule has 0 heterocycles. The Bertz CT molecular complexity index is 926. The Morgan fingerprint density at radius 1 is 1.04 bits per heavy atom. The van der Waals surface area contributed by atoms with Crippen LogP contribution in [0.25, 0.3) is 0 Å². The van der Waals surface area contributed by atoms with E-state index < -0.39 is 10.0 Å². The first-order valence-corrected chi connectivity index (χ1v) is 11.0. The molecule has 0 fully saturated rings. The van der Waals surface area contributed by atoms with Gasteiger partial charge in [0.25, 0.3) is 0 Å². The van der Waals surface area contributed by atoms with Gasteiger partial charge in [0, 0.05) is 5.56 Å². The molecule has 2 aromatic carbocycles. The predicted octanol–water partition coefficient (Wildman–Crippen LogP) is 3.46.